The first-order valence-corrected chi connectivity index (χ1v) is 7.34. The number of benzene rings is 1. The van der Waals surface area contributed by atoms with Gasteiger partial charge >= 0.3 is 0 Å². The van der Waals surface area contributed by atoms with Gasteiger partial charge in [-0.3, -0.25) is 4.79 Å². The molecule has 0 saturated carbocycles. The molecule has 3 nitrogen and oxygen atoms in total. The van der Waals surface area contributed by atoms with Crippen molar-refractivity contribution in [1.29, 1.82) is 0 Å². The molecule has 1 aromatic rings. The van der Waals surface area contributed by atoms with Gasteiger partial charge in [0.15, 0.2) is 0 Å². The van der Waals surface area contributed by atoms with Gasteiger partial charge in [0, 0.05) is 6.54 Å². The molecule has 2 unspecified atom stereocenters. The maximum atomic E-state index is 12.1. The fourth-order valence-corrected chi connectivity index (χ4v) is 2.66. The molecule has 0 bridgehead atoms. The van der Waals surface area contributed by atoms with Gasteiger partial charge in [0.05, 0.1) is 6.04 Å². The van der Waals surface area contributed by atoms with E-state index < -0.39 is 0 Å². The van der Waals surface area contributed by atoms with Gasteiger partial charge < -0.3 is 10.6 Å². The Balaban J connectivity index is 1.72. The minimum atomic E-state index is 0.00877. The Kier molecular flexibility index (Phi) is 5.40. The van der Waals surface area contributed by atoms with E-state index in [1.807, 2.05) is 18.2 Å². The largest absolute Gasteiger partial charge is 0.354 e. The van der Waals surface area contributed by atoms with Crippen molar-refractivity contribution < 1.29 is 4.79 Å². The van der Waals surface area contributed by atoms with Crippen molar-refractivity contribution in [2.45, 2.75) is 38.6 Å². The number of piperidine rings is 1. The van der Waals surface area contributed by atoms with Gasteiger partial charge in [0.25, 0.3) is 0 Å². The summed E-state index contributed by atoms with van der Waals surface area (Å²) >= 11 is 0. The lowest BCUT2D eigenvalue weighted by molar-refractivity contribution is -0.124. The molecule has 104 valence electrons. The number of nitrogens with one attached hydrogen (secondary N) is 2. The molecule has 1 amide bonds. The van der Waals surface area contributed by atoms with Gasteiger partial charge in [-0.15, -0.1) is 0 Å². The molecule has 1 saturated heterocycles. The molecular formula is C16H24N2O. The van der Waals surface area contributed by atoms with Crippen LogP contribution in [0, 0.1) is 5.92 Å². The number of amides is 1. The van der Waals surface area contributed by atoms with Crippen LogP contribution in [0.15, 0.2) is 30.3 Å². The lowest BCUT2D eigenvalue weighted by Gasteiger charge is -2.28. The van der Waals surface area contributed by atoms with E-state index in [1.165, 1.54) is 18.4 Å². The number of carbonyl (C=O) groups excluding carboxylic acids is 1. The molecule has 1 aliphatic heterocycles. The van der Waals surface area contributed by atoms with E-state index in [0.717, 1.165) is 25.9 Å². The Morgan fingerprint density at radius 1 is 1.37 bits per heavy atom. The van der Waals surface area contributed by atoms with Crippen LogP contribution in [0.5, 0.6) is 0 Å². The second-order valence-electron chi connectivity index (χ2n) is 5.33. The summed E-state index contributed by atoms with van der Waals surface area (Å²) < 4.78 is 0. The van der Waals surface area contributed by atoms with Crippen molar-refractivity contribution in [2.24, 2.45) is 5.92 Å². The quantitative estimate of drug-likeness (QED) is 0.851. The molecule has 1 aromatic carbocycles. The monoisotopic (exact) mass is 260 g/mol. The number of hydrogen-bond donors (Lipinski definition) is 2. The summed E-state index contributed by atoms with van der Waals surface area (Å²) in [5.41, 5.74) is 1.27. The summed E-state index contributed by atoms with van der Waals surface area (Å²) in [6, 6.07) is 10.3. The normalized spacial score (nSPS) is 23.0. The van der Waals surface area contributed by atoms with Gasteiger partial charge in [-0.2, -0.15) is 0 Å². The first-order chi connectivity index (χ1) is 9.29. The SMILES string of the molecule is CCC1CCNC(C(=O)NCCc2ccccc2)C1. The Hall–Kier alpha value is -1.35. The van der Waals surface area contributed by atoms with Gasteiger partial charge in [0.1, 0.15) is 0 Å². The number of hydrogen-bond acceptors (Lipinski definition) is 2. The highest BCUT2D eigenvalue weighted by Crippen LogP contribution is 2.19. The van der Waals surface area contributed by atoms with Crippen LogP contribution in [-0.2, 0) is 11.2 Å². The van der Waals surface area contributed by atoms with Crippen molar-refractivity contribution in [3.8, 4) is 0 Å². The summed E-state index contributed by atoms with van der Waals surface area (Å²) in [6.45, 7) is 3.90. The molecule has 1 aliphatic rings. The molecule has 2 N–H and O–H groups in total. The van der Waals surface area contributed by atoms with E-state index in [4.69, 9.17) is 0 Å². The molecule has 0 aromatic heterocycles. The minimum Gasteiger partial charge on any atom is -0.354 e. The number of carbonyl (C=O) groups is 1. The third kappa shape index (κ3) is 4.35. The van der Waals surface area contributed by atoms with E-state index in [2.05, 4.69) is 29.7 Å². The van der Waals surface area contributed by atoms with Crippen LogP contribution in [0.2, 0.25) is 0 Å². The van der Waals surface area contributed by atoms with Crippen molar-refractivity contribution in [1.82, 2.24) is 10.6 Å². The van der Waals surface area contributed by atoms with Crippen LogP contribution in [0.1, 0.15) is 31.7 Å². The Labute approximate surface area is 115 Å². The third-order valence-electron chi connectivity index (χ3n) is 3.96. The van der Waals surface area contributed by atoms with Crippen LogP contribution in [0.25, 0.3) is 0 Å². The van der Waals surface area contributed by atoms with Crippen LogP contribution in [0.3, 0.4) is 0 Å². The molecule has 3 heteroatoms. The van der Waals surface area contributed by atoms with Crippen molar-refractivity contribution >= 4 is 5.91 Å². The standard InChI is InChI=1S/C16H24N2O/c1-2-13-8-10-17-15(12-13)16(19)18-11-9-14-6-4-3-5-7-14/h3-7,13,15,17H,2,8-12H2,1H3,(H,18,19). The van der Waals surface area contributed by atoms with Crippen LogP contribution < -0.4 is 10.6 Å². The minimum absolute atomic E-state index is 0.00877. The summed E-state index contributed by atoms with van der Waals surface area (Å²) in [5, 5.41) is 6.36. The van der Waals surface area contributed by atoms with Crippen LogP contribution >= 0.6 is 0 Å². The van der Waals surface area contributed by atoms with Gasteiger partial charge in [-0.25, -0.2) is 0 Å². The molecule has 1 fully saturated rings. The molecule has 2 rings (SSSR count). The maximum absolute atomic E-state index is 12.1. The lowest BCUT2D eigenvalue weighted by atomic mass is 9.90. The van der Waals surface area contributed by atoms with E-state index in [-0.39, 0.29) is 11.9 Å². The lowest BCUT2D eigenvalue weighted by Crippen LogP contribution is -2.49. The Morgan fingerprint density at radius 3 is 2.89 bits per heavy atom. The van der Waals surface area contributed by atoms with E-state index in [9.17, 15) is 4.79 Å². The molecule has 0 aliphatic carbocycles. The summed E-state index contributed by atoms with van der Waals surface area (Å²) in [5.74, 6) is 0.861. The van der Waals surface area contributed by atoms with Gasteiger partial charge in [0.2, 0.25) is 5.91 Å². The number of rotatable bonds is 5. The molecular weight excluding hydrogens is 236 g/mol. The van der Waals surface area contributed by atoms with Crippen molar-refractivity contribution in [3.05, 3.63) is 35.9 Å². The molecule has 0 radical (unpaired) electrons. The predicted molar refractivity (Wildman–Crippen MR) is 78.0 cm³/mol. The fourth-order valence-electron chi connectivity index (χ4n) is 2.66. The highest BCUT2D eigenvalue weighted by molar-refractivity contribution is 5.81. The summed E-state index contributed by atoms with van der Waals surface area (Å²) in [4.78, 5) is 12.1. The van der Waals surface area contributed by atoms with E-state index >= 15 is 0 Å². The average molecular weight is 260 g/mol. The topological polar surface area (TPSA) is 41.1 Å². The predicted octanol–water partition coefficient (Wildman–Crippen LogP) is 2.12. The van der Waals surface area contributed by atoms with Gasteiger partial charge in [-0.1, -0.05) is 43.7 Å². The highest BCUT2D eigenvalue weighted by atomic mass is 16.2. The second-order valence-corrected chi connectivity index (χ2v) is 5.33. The van der Waals surface area contributed by atoms with E-state index in [0.29, 0.717) is 5.92 Å². The van der Waals surface area contributed by atoms with Crippen molar-refractivity contribution in [3.63, 3.8) is 0 Å². The molecule has 1 heterocycles. The van der Waals surface area contributed by atoms with Crippen molar-refractivity contribution in [2.75, 3.05) is 13.1 Å². The maximum Gasteiger partial charge on any atom is 0.237 e. The van der Waals surface area contributed by atoms with Crippen LogP contribution in [-0.4, -0.2) is 25.0 Å². The average Bonchev–Trinajstić information content (AvgIpc) is 2.48. The molecule has 19 heavy (non-hydrogen) atoms. The smallest absolute Gasteiger partial charge is 0.237 e. The summed E-state index contributed by atoms with van der Waals surface area (Å²) in [7, 11) is 0. The van der Waals surface area contributed by atoms with Gasteiger partial charge in [-0.05, 0) is 37.3 Å². The summed E-state index contributed by atoms with van der Waals surface area (Å²) in [6.07, 6.45) is 4.25. The zero-order valence-corrected chi connectivity index (χ0v) is 11.7. The zero-order valence-electron chi connectivity index (χ0n) is 11.7. The third-order valence-corrected chi connectivity index (χ3v) is 3.96. The Morgan fingerprint density at radius 2 is 2.16 bits per heavy atom. The second kappa shape index (κ2) is 7.29. The first kappa shape index (κ1) is 14.1. The first-order valence-electron chi connectivity index (χ1n) is 7.34. The fraction of sp³-hybridized carbons (Fsp3) is 0.562. The highest BCUT2D eigenvalue weighted by Gasteiger charge is 2.25. The Bertz CT molecular complexity index is 391. The van der Waals surface area contributed by atoms with E-state index in [1.54, 1.807) is 0 Å². The van der Waals surface area contributed by atoms with Crippen LogP contribution in [0.4, 0.5) is 0 Å². The zero-order chi connectivity index (χ0) is 13.5. The molecule has 0 spiro atoms. The molecule has 2 atom stereocenters.